The lowest BCUT2D eigenvalue weighted by molar-refractivity contribution is -0.149. The molecule has 2 rings (SSSR count). The topological polar surface area (TPSA) is 66.4 Å². The molecular weight excluding hydrogens is 332 g/mol. The molecule has 2 aliphatic rings. The molecule has 0 aromatic carbocycles. The zero-order valence-corrected chi connectivity index (χ0v) is 16.9. The molecule has 2 aliphatic heterocycles. The van der Waals surface area contributed by atoms with Gasteiger partial charge < -0.3 is 24.6 Å². The summed E-state index contributed by atoms with van der Waals surface area (Å²) >= 11 is 0. The van der Waals surface area contributed by atoms with Gasteiger partial charge in [0.15, 0.2) is 5.96 Å². The normalized spacial score (nSPS) is 21.7. The maximum atomic E-state index is 11.9. The lowest BCUT2D eigenvalue weighted by Crippen LogP contribution is -2.52. The molecule has 7 nitrogen and oxygen atoms in total. The van der Waals surface area contributed by atoms with E-state index in [0.717, 1.165) is 71.0 Å². The predicted molar refractivity (Wildman–Crippen MR) is 103 cm³/mol. The second-order valence-corrected chi connectivity index (χ2v) is 7.41. The average Bonchev–Trinajstić information content (AvgIpc) is 2.66. The fourth-order valence-corrected chi connectivity index (χ4v) is 3.73. The largest absolute Gasteiger partial charge is 0.466 e. The number of hydrogen-bond donors (Lipinski definition) is 1. The van der Waals surface area contributed by atoms with Crippen molar-refractivity contribution in [3.05, 3.63) is 0 Å². The van der Waals surface area contributed by atoms with Crippen molar-refractivity contribution in [2.75, 3.05) is 60.1 Å². The molecule has 2 heterocycles. The number of likely N-dealkylation sites (N-methyl/N-ethyl adjacent to an activating group) is 1. The van der Waals surface area contributed by atoms with Crippen molar-refractivity contribution in [3.63, 3.8) is 0 Å². The van der Waals surface area contributed by atoms with E-state index in [1.54, 1.807) is 0 Å². The smallest absolute Gasteiger partial charge is 0.309 e. The van der Waals surface area contributed by atoms with Crippen molar-refractivity contribution >= 4 is 11.9 Å². The lowest BCUT2D eigenvalue weighted by atomic mass is 9.89. The molecule has 0 unspecified atom stereocenters. The molecule has 7 heteroatoms. The number of hydrogen-bond acceptors (Lipinski definition) is 5. The Bertz CT molecular complexity index is 467. The molecule has 0 bridgehead atoms. The Hall–Kier alpha value is -1.34. The van der Waals surface area contributed by atoms with Crippen molar-refractivity contribution in [3.8, 4) is 0 Å². The molecule has 0 spiro atoms. The number of guanidine groups is 1. The van der Waals surface area contributed by atoms with Crippen LogP contribution in [-0.2, 0) is 14.3 Å². The lowest BCUT2D eigenvalue weighted by Gasteiger charge is -2.42. The number of carbonyl (C=O) groups is 1. The van der Waals surface area contributed by atoms with Crippen LogP contribution in [-0.4, -0.2) is 87.4 Å². The highest BCUT2D eigenvalue weighted by atomic mass is 16.5. The van der Waals surface area contributed by atoms with E-state index in [4.69, 9.17) is 14.5 Å². The summed E-state index contributed by atoms with van der Waals surface area (Å²) in [6.45, 7) is 9.31. The third-order valence-corrected chi connectivity index (χ3v) is 5.64. The Labute approximate surface area is 158 Å². The summed E-state index contributed by atoms with van der Waals surface area (Å²) in [5, 5.41) is 3.43. The van der Waals surface area contributed by atoms with E-state index < -0.39 is 0 Å². The summed E-state index contributed by atoms with van der Waals surface area (Å²) in [6.07, 6.45) is 3.67. The van der Waals surface area contributed by atoms with Gasteiger partial charge >= 0.3 is 5.97 Å². The fraction of sp³-hybridized carbons (Fsp3) is 0.895. The number of nitrogens with one attached hydrogen (secondary N) is 1. The number of likely N-dealkylation sites (tertiary alicyclic amines) is 1. The van der Waals surface area contributed by atoms with Crippen LogP contribution in [0.15, 0.2) is 4.99 Å². The van der Waals surface area contributed by atoms with Gasteiger partial charge in [0, 0.05) is 38.4 Å². The van der Waals surface area contributed by atoms with E-state index in [1.165, 1.54) is 0 Å². The van der Waals surface area contributed by atoms with Gasteiger partial charge in [-0.15, -0.1) is 0 Å². The summed E-state index contributed by atoms with van der Waals surface area (Å²) < 4.78 is 10.7. The minimum atomic E-state index is -0.0529. The summed E-state index contributed by atoms with van der Waals surface area (Å²) in [7, 11) is 4.27. The van der Waals surface area contributed by atoms with E-state index in [9.17, 15) is 4.79 Å². The van der Waals surface area contributed by atoms with Gasteiger partial charge in [0.25, 0.3) is 0 Å². The number of nitrogens with zero attached hydrogens (tertiary/aromatic N) is 3. The van der Waals surface area contributed by atoms with E-state index in [0.29, 0.717) is 6.61 Å². The first-order valence-corrected chi connectivity index (χ1v) is 9.97. The quantitative estimate of drug-likeness (QED) is 0.434. The minimum absolute atomic E-state index is 0.0256. The van der Waals surface area contributed by atoms with E-state index in [-0.39, 0.29) is 17.4 Å². The number of carbonyl (C=O) groups excluding carboxylic acids is 1. The van der Waals surface area contributed by atoms with Crippen molar-refractivity contribution in [2.24, 2.45) is 10.9 Å². The zero-order valence-electron chi connectivity index (χ0n) is 16.9. The Balaban J connectivity index is 1.99. The van der Waals surface area contributed by atoms with Crippen molar-refractivity contribution in [1.82, 2.24) is 15.1 Å². The minimum Gasteiger partial charge on any atom is -0.466 e. The van der Waals surface area contributed by atoms with Gasteiger partial charge in [-0.05, 0) is 53.6 Å². The monoisotopic (exact) mass is 368 g/mol. The molecule has 0 aromatic heterocycles. The average molecular weight is 369 g/mol. The van der Waals surface area contributed by atoms with E-state index >= 15 is 0 Å². The van der Waals surface area contributed by atoms with Gasteiger partial charge in [0.1, 0.15) is 0 Å². The highest BCUT2D eigenvalue weighted by Crippen LogP contribution is 2.26. The van der Waals surface area contributed by atoms with Crippen molar-refractivity contribution < 1.29 is 14.3 Å². The summed E-state index contributed by atoms with van der Waals surface area (Å²) in [4.78, 5) is 21.5. The van der Waals surface area contributed by atoms with Crippen LogP contribution < -0.4 is 5.32 Å². The third kappa shape index (κ3) is 5.33. The zero-order chi connectivity index (χ0) is 19.0. The van der Waals surface area contributed by atoms with Crippen LogP contribution in [0, 0.1) is 5.92 Å². The van der Waals surface area contributed by atoms with Crippen LogP contribution in [0.1, 0.15) is 39.5 Å². The maximum absolute atomic E-state index is 11.9. The Kier molecular flexibility index (Phi) is 8.15. The third-order valence-electron chi connectivity index (χ3n) is 5.64. The van der Waals surface area contributed by atoms with E-state index in [2.05, 4.69) is 36.1 Å². The molecular formula is C19H36N4O3. The Morgan fingerprint density at radius 2 is 1.92 bits per heavy atom. The second-order valence-electron chi connectivity index (χ2n) is 7.41. The maximum Gasteiger partial charge on any atom is 0.309 e. The van der Waals surface area contributed by atoms with Gasteiger partial charge in [-0.1, -0.05) is 0 Å². The molecule has 2 fully saturated rings. The van der Waals surface area contributed by atoms with Crippen LogP contribution in [0.2, 0.25) is 0 Å². The molecule has 0 aliphatic carbocycles. The van der Waals surface area contributed by atoms with Crippen LogP contribution >= 0.6 is 0 Å². The molecule has 0 radical (unpaired) electrons. The molecule has 26 heavy (non-hydrogen) atoms. The first-order valence-electron chi connectivity index (χ1n) is 9.97. The number of ether oxygens (including phenoxy) is 2. The number of piperidine rings is 1. The molecule has 1 N–H and O–H groups in total. The number of aliphatic imine (C=N–C) groups is 1. The first-order chi connectivity index (χ1) is 12.5. The number of esters is 1. The van der Waals surface area contributed by atoms with Gasteiger partial charge in [-0.2, -0.15) is 0 Å². The number of rotatable bonds is 6. The molecule has 0 aromatic rings. The molecule has 0 atom stereocenters. The van der Waals surface area contributed by atoms with Gasteiger partial charge in [-0.25, -0.2) is 0 Å². The molecule has 0 saturated carbocycles. The summed E-state index contributed by atoms with van der Waals surface area (Å²) in [6, 6.07) is 0. The summed E-state index contributed by atoms with van der Waals surface area (Å²) in [5.41, 5.74) is 0.0716. The first kappa shape index (κ1) is 21.0. The second kappa shape index (κ2) is 10.1. The molecule has 0 amide bonds. The van der Waals surface area contributed by atoms with E-state index in [1.807, 2.05) is 6.92 Å². The standard InChI is InChI=1S/C19H36N4O3/c1-5-20-18(21-15-19(22(3)4)9-13-25-14-10-19)23-11-7-16(8-12-23)17(24)26-6-2/h16H,5-15H2,1-4H3,(H,20,21). The van der Waals surface area contributed by atoms with Crippen molar-refractivity contribution in [2.45, 2.75) is 45.1 Å². The summed E-state index contributed by atoms with van der Waals surface area (Å²) in [5.74, 6) is 0.933. The van der Waals surface area contributed by atoms with Gasteiger partial charge in [0.2, 0.25) is 0 Å². The fourth-order valence-electron chi connectivity index (χ4n) is 3.73. The highest BCUT2D eigenvalue weighted by Gasteiger charge is 2.35. The SMILES string of the molecule is CCNC(=NCC1(N(C)C)CCOCC1)N1CCC(C(=O)OCC)CC1. The van der Waals surface area contributed by atoms with Crippen LogP contribution in [0.3, 0.4) is 0 Å². The van der Waals surface area contributed by atoms with Crippen molar-refractivity contribution in [1.29, 1.82) is 0 Å². The molecule has 150 valence electrons. The molecule has 2 saturated heterocycles. The van der Waals surface area contributed by atoms with Crippen LogP contribution in [0.25, 0.3) is 0 Å². The van der Waals surface area contributed by atoms with Crippen LogP contribution in [0.5, 0.6) is 0 Å². The Morgan fingerprint density at radius 3 is 2.46 bits per heavy atom. The predicted octanol–water partition coefficient (Wildman–Crippen LogP) is 1.34. The van der Waals surface area contributed by atoms with Gasteiger partial charge in [-0.3, -0.25) is 9.79 Å². The highest BCUT2D eigenvalue weighted by molar-refractivity contribution is 5.80. The van der Waals surface area contributed by atoms with Crippen LogP contribution in [0.4, 0.5) is 0 Å². The van der Waals surface area contributed by atoms with Gasteiger partial charge in [0.05, 0.1) is 19.1 Å². The Morgan fingerprint density at radius 1 is 1.27 bits per heavy atom.